The Morgan fingerprint density at radius 1 is 0.907 bits per heavy atom. The number of halogens is 2. The fourth-order valence-electron chi connectivity index (χ4n) is 5.38. The number of nitrogens with zero attached hydrogens (tertiary/aromatic N) is 2. The van der Waals surface area contributed by atoms with Crippen LogP contribution < -0.4 is 24.3 Å². The van der Waals surface area contributed by atoms with E-state index in [1.54, 1.807) is 24.3 Å². The molecule has 0 radical (unpaired) electrons. The molecule has 2 heterocycles. The maximum absolute atomic E-state index is 13.4. The van der Waals surface area contributed by atoms with Gasteiger partial charge in [0.05, 0.1) is 43.0 Å². The smallest absolute Gasteiger partial charge is 0.338 e. The van der Waals surface area contributed by atoms with E-state index in [-0.39, 0.29) is 12.0 Å². The van der Waals surface area contributed by atoms with Crippen LogP contribution in [0, 0.1) is 0 Å². The minimum atomic E-state index is -0.459. The number of ether oxygens (including phenoxy) is 5. The number of benzene rings is 2. The molecule has 1 amide bonds. The van der Waals surface area contributed by atoms with Gasteiger partial charge in [0.25, 0.3) is 5.91 Å². The second-order valence-corrected chi connectivity index (χ2v) is 11.8. The highest BCUT2D eigenvalue weighted by Gasteiger charge is 2.23. The minimum Gasteiger partial charge on any atom is -0.493 e. The molecule has 43 heavy (non-hydrogen) atoms. The standard InChI is InChI=1S/C31H41BrClN3O7/c1-39-26-19-22(20-27(40-2)29(26)41-3)31(38)43-23-7-4-16-42-25-18-21(17-24(33)28(25)32)30(37)34-9-5-10-35-11-6-12-36(13-8-23)15-14-35/h17-20,23H,4-16H2,1-3H3,(H,34,37). The molecule has 3 atom stereocenters. The van der Waals surface area contributed by atoms with Gasteiger partial charge in [-0.05, 0) is 91.9 Å². The van der Waals surface area contributed by atoms with E-state index in [0.29, 0.717) is 76.0 Å². The molecule has 2 aromatic carbocycles. The molecular formula is C31H41BrClN3O7. The number of esters is 1. The lowest BCUT2D eigenvalue weighted by atomic mass is 10.1. The summed E-state index contributed by atoms with van der Waals surface area (Å²) in [6.45, 7) is 6.60. The van der Waals surface area contributed by atoms with E-state index in [0.717, 1.165) is 52.1 Å². The number of amides is 1. The molecule has 1 N–H and O–H groups in total. The van der Waals surface area contributed by atoms with E-state index in [4.69, 9.17) is 35.3 Å². The summed E-state index contributed by atoms with van der Waals surface area (Å²) in [6, 6.07) is 6.54. The van der Waals surface area contributed by atoms with Gasteiger partial charge in [0, 0.05) is 31.7 Å². The first-order valence-corrected chi connectivity index (χ1v) is 15.9. The highest BCUT2D eigenvalue weighted by molar-refractivity contribution is 9.10. The van der Waals surface area contributed by atoms with Crippen molar-refractivity contribution < 1.29 is 33.3 Å². The molecule has 1 saturated heterocycles. The quantitative estimate of drug-likeness (QED) is 0.435. The number of rotatable bonds is 5. The van der Waals surface area contributed by atoms with Crippen LogP contribution in [0.1, 0.15) is 52.8 Å². The third kappa shape index (κ3) is 9.14. The monoisotopic (exact) mass is 681 g/mol. The Morgan fingerprint density at radius 3 is 2.26 bits per heavy atom. The summed E-state index contributed by atoms with van der Waals surface area (Å²) >= 11 is 9.89. The van der Waals surface area contributed by atoms with E-state index in [1.165, 1.54) is 21.3 Å². The van der Waals surface area contributed by atoms with E-state index >= 15 is 0 Å². The van der Waals surface area contributed by atoms with Crippen LogP contribution in [0.5, 0.6) is 23.0 Å². The number of carbonyl (C=O) groups is 2. The molecule has 4 bridgehead atoms. The average Bonchev–Trinajstić information content (AvgIpc) is 3.25. The molecule has 2 aliphatic rings. The molecule has 0 spiro atoms. The van der Waals surface area contributed by atoms with Gasteiger partial charge in [0.2, 0.25) is 5.75 Å². The summed E-state index contributed by atoms with van der Waals surface area (Å²) < 4.78 is 29.0. The molecule has 0 aliphatic carbocycles. The Kier molecular flexibility index (Phi) is 12.6. The number of hydrogen-bond donors (Lipinski definition) is 1. The Hall–Kier alpha value is -2.73. The van der Waals surface area contributed by atoms with E-state index in [9.17, 15) is 9.59 Å². The van der Waals surface area contributed by atoms with Crippen LogP contribution in [0.2, 0.25) is 5.02 Å². The summed E-state index contributed by atoms with van der Waals surface area (Å²) in [7, 11) is 4.54. The zero-order valence-corrected chi connectivity index (χ0v) is 27.4. The minimum absolute atomic E-state index is 0.182. The lowest BCUT2D eigenvalue weighted by Gasteiger charge is -2.25. The lowest BCUT2D eigenvalue weighted by molar-refractivity contribution is 0.0221. The zero-order chi connectivity index (χ0) is 30.8. The first-order valence-electron chi connectivity index (χ1n) is 14.7. The van der Waals surface area contributed by atoms with Gasteiger partial charge >= 0.3 is 5.97 Å². The van der Waals surface area contributed by atoms with E-state index < -0.39 is 5.97 Å². The number of carbonyl (C=O) groups excluding carboxylic acids is 2. The van der Waals surface area contributed by atoms with Crippen molar-refractivity contribution in [2.24, 2.45) is 0 Å². The van der Waals surface area contributed by atoms with Crippen molar-refractivity contribution in [3.63, 3.8) is 0 Å². The van der Waals surface area contributed by atoms with Crippen LogP contribution in [0.15, 0.2) is 28.7 Å². The first kappa shape index (κ1) is 33.2. The summed E-state index contributed by atoms with van der Waals surface area (Å²) in [5.74, 6) is 1.03. The van der Waals surface area contributed by atoms with Crippen LogP contribution in [-0.2, 0) is 4.74 Å². The molecule has 2 aromatic rings. The van der Waals surface area contributed by atoms with Crippen molar-refractivity contribution in [1.29, 1.82) is 0 Å². The Bertz CT molecular complexity index is 1240. The molecule has 1 fully saturated rings. The predicted octanol–water partition coefficient (Wildman–Crippen LogP) is 5.04. The van der Waals surface area contributed by atoms with Crippen LogP contribution in [-0.4, -0.2) is 102 Å². The van der Waals surface area contributed by atoms with Gasteiger partial charge in [-0.25, -0.2) is 4.79 Å². The summed E-state index contributed by atoms with van der Waals surface area (Å²) in [6.07, 6.45) is 3.51. The molecule has 0 saturated carbocycles. The molecule has 2 aliphatic heterocycles. The van der Waals surface area contributed by atoms with Crippen molar-refractivity contribution in [2.75, 3.05) is 73.7 Å². The maximum atomic E-state index is 13.4. The Balaban J connectivity index is 1.52. The zero-order valence-electron chi connectivity index (χ0n) is 25.1. The molecule has 3 unspecified atom stereocenters. The van der Waals surface area contributed by atoms with Gasteiger partial charge in [0.1, 0.15) is 11.9 Å². The molecule has 10 nitrogen and oxygen atoms in total. The third-order valence-electron chi connectivity index (χ3n) is 7.74. The van der Waals surface area contributed by atoms with E-state index in [1.807, 2.05) is 0 Å². The summed E-state index contributed by atoms with van der Waals surface area (Å²) in [5.41, 5.74) is 0.768. The van der Waals surface area contributed by atoms with Crippen molar-refractivity contribution in [3.05, 3.63) is 44.9 Å². The van der Waals surface area contributed by atoms with Gasteiger partial charge < -0.3 is 38.8 Å². The van der Waals surface area contributed by atoms with Crippen LogP contribution in [0.3, 0.4) is 0 Å². The summed E-state index contributed by atoms with van der Waals surface area (Å²) in [4.78, 5) is 31.1. The van der Waals surface area contributed by atoms with Crippen LogP contribution >= 0.6 is 27.5 Å². The van der Waals surface area contributed by atoms with Crippen molar-refractivity contribution >= 4 is 39.4 Å². The molecular weight excluding hydrogens is 642 g/mol. The van der Waals surface area contributed by atoms with Crippen molar-refractivity contribution in [2.45, 2.75) is 38.2 Å². The molecule has 0 aromatic heterocycles. The van der Waals surface area contributed by atoms with Crippen molar-refractivity contribution in [3.8, 4) is 23.0 Å². The highest BCUT2D eigenvalue weighted by Crippen LogP contribution is 2.38. The van der Waals surface area contributed by atoms with Gasteiger partial charge in [-0.1, -0.05) is 11.6 Å². The highest BCUT2D eigenvalue weighted by atomic mass is 79.9. The second-order valence-electron chi connectivity index (χ2n) is 10.6. The Labute approximate surface area is 267 Å². The largest absolute Gasteiger partial charge is 0.493 e. The number of fused-ring (bicyclic) bond motifs is 5. The van der Waals surface area contributed by atoms with Crippen LogP contribution in [0.25, 0.3) is 0 Å². The fraction of sp³-hybridized carbons (Fsp3) is 0.548. The maximum Gasteiger partial charge on any atom is 0.338 e. The van der Waals surface area contributed by atoms with Gasteiger partial charge in [0.15, 0.2) is 11.5 Å². The SMILES string of the molecule is COc1cc(C(=O)OC2CCCOc3cc(cc(Cl)c3Br)C(=O)NCCCN3CCCN(CC2)CC3)cc(OC)c1OC. The average molecular weight is 683 g/mol. The first-order chi connectivity index (χ1) is 20.8. The van der Waals surface area contributed by atoms with Gasteiger partial charge in [-0.3, -0.25) is 4.79 Å². The Morgan fingerprint density at radius 2 is 1.58 bits per heavy atom. The molecule has 12 heteroatoms. The number of hydrogen-bond acceptors (Lipinski definition) is 9. The van der Waals surface area contributed by atoms with Gasteiger partial charge in [-0.15, -0.1) is 0 Å². The second kappa shape index (κ2) is 16.4. The predicted molar refractivity (Wildman–Crippen MR) is 168 cm³/mol. The normalized spacial score (nSPS) is 22.1. The fourth-order valence-corrected chi connectivity index (χ4v) is 5.93. The topological polar surface area (TPSA) is 98.8 Å². The van der Waals surface area contributed by atoms with Gasteiger partial charge in [-0.2, -0.15) is 0 Å². The molecule has 236 valence electrons. The van der Waals surface area contributed by atoms with E-state index in [2.05, 4.69) is 31.0 Å². The summed E-state index contributed by atoms with van der Waals surface area (Å²) in [5, 5.41) is 3.41. The van der Waals surface area contributed by atoms with Crippen molar-refractivity contribution in [1.82, 2.24) is 15.1 Å². The third-order valence-corrected chi connectivity index (χ3v) is 9.09. The number of nitrogens with one attached hydrogen (secondary N) is 1. The number of methoxy groups -OCH3 is 3. The molecule has 4 rings (SSSR count). The van der Waals surface area contributed by atoms with Crippen LogP contribution in [0.4, 0.5) is 0 Å². The lowest BCUT2D eigenvalue weighted by Crippen LogP contribution is -2.34.